The van der Waals surface area contributed by atoms with Crippen LogP contribution < -0.4 is 16.0 Å². The smallest absolute Gasteiger partial charge is 0.344 e. The van der Waals surface area contributed by atoms with Crippen LogP contribution in [-0.4, -0.2) is 5.97 Å². The Balaban J connectivity index is 1.61. The van der Waals surface area contributed by atoms with Gasteiger partial charge in [-0.3, -0.25) is 0 Å². The second-order valence-corrected chi connectivity index (χ2v) is 8.43. The van der Waals surface area contributed by atoms with Gasteiger partial charge < -0.3 is 13.6 Å². The summed E-state index contributed by atoms with van der Waals surface area (Å²) in [5.74, 6) is -0.395. The Labute approximate surface area is 199 Å². The van der Waals surface area contributed by atoms with Crippen LogP contribution in [-0.2, 0) is 0 Å². The van der Waals surface area contributed by atoms with Crippen molar-refractivity contribution in [3.8, 4) is 16.9 Å². The second-order valence-electron chi connectivity index (χ2n) is 7.14. The van der Waals surface area contributed by atoms with Crippen molar-refractivity contribution < 1.29 is 18.4 Å². The van der Waals surface area contributed by atoms with E-state index in [0.717, 1.165) is 0 Å². The van der Waals surface area contributed by atoms with Gasteiger partial charge in [-0.25, -0.2) is 14.4 Å². The molecule has 0 aliphatic heterocycles. The first-order chi connectivity index (χ1) is 15.9. The average Bonchev–Trinajstić information content (AvgIpc) is 2.78. The highest BCUT2D eigenvalue weighted by Crippen LogP contribution is 2.31. The summed E-state index contributed by atoms with van der Waals surface area (Å²) in [6, 6.07) is 19.2. The summed E-state index contributed by atoms with van der Waals surface area (Å²) in [7, 11) is 0. The van der Waals surface area contributed by atoms with Crippen LogP contribution in [0.4, 0.5) is 0 Å². The second kappa shape index (κ2) is 8.35. The molecule has 5 rings (SSSR count). The molecule has 2 heterocycles. The number of hydrogen-bond acceptors (Lipinski definition) is 6. The lowest BCUT2D eigenvalue weighted by atomic mass is 10.0. The van der Waals surface area contributed by atoms with Crippen molar-refractivity contribution in [2.45, 2.75) is 0 Å². The molecule has 0 radical (unpaired) electrons. The highest BCUT2D eigenvalue weighted by Gasteiger charge is 2.16. The van der Waals surface area contributed by atoms with Gasteiger partial charge in [0.2, 0.25) is 0 Å². The number of esters is 1. The lowest BCUT2D eigenvalue weighted by Crippen LogP contribution is -2.09. The first-order valence-electron chi connectivity index (χ1n) is 9.67. The predicted octanol–water partition coefficient (Wildman–Crippen LogP) is 6.20. The van der Waals surface area contributed by atoms with Crippen LogP contribution in [0.1, 0.15) is 10.4 Å². The maximum absolute atomic E-state index is 12.7. The Hall–Kier alpha value is -3.68. The number of carbonyl (C=O) groups excluding carboxylic acids is 1. The lowest BCUT2D eigenvalue weighted by molar-refractivity contribution is 0.0734. The number of hydrogen-bond donors (Lipinski definition) is 0. The molecule has 2 aromatic heterocycles. The van der Waals surface area contributed by atoms with Crippen LogP contribution in [0.2, 0.25) is 5.02 Å². The van der Waals surface area contributed by atoms with E-state index in [1.54, 1.807) is 60.7 Å². The van der Waals surface area contributed by atoms with Crippen LogP contribution in [0.5, 0.6) is 5.75 Å². The third-order valence-electron chi connectivity index (χ3n) is 5.00. The molecule has 0 saturated carbocycles. The molecule has 0 unspecified atom stereocenters. The monoisotopic (exact) mass is 522 g/mol. The van der Waals surface area contributed by atoms with Gasteiger partial charge in [-0.15, -0.1) is 0 Å². The minimum atomic E-state index is -0.669. The summed E-state index contributed by atoms with van der Waals surface area (Å²) in [6.07, 6.45) is 0. The number of benzene rings is 3. The van der Waals surface area contributed by atoms with E-state index in [1.807, 2.05) is 0 Å². The van der Waals surface area contributed by atoms with E-state index in [0.29, 0.717) is 37.0 Å². The summed E-state index contributed by atoms with van der Waals surface area (Å²) in [4.78, 5) is 37.5. The number of rotatable bonds is 3. The fraction of sp³-hybridized carbons (Fsp3) is 0. The van der Waals surface area contributed by atoms with Crippen molar-refractivity contribution in [3.05, 3.63) is 109 Å². The van der Waals surface area contributed by atoms with Crippen molar-refractivity contribution in [1.29, 1.82) is 0 Å². The quantitative estimate of drug-likeness (QED) is 0.159. The van der Waals surface area contributed by atoms with Crippen LogP contribution in [0.3, 0.4) is 0 Å². The molecular formula is C25H12BrClO6. The molecule has 0 aliphatic carbocycles. The van der Waals surface area contributed by atoms with E-state index in [1.165, 1.54) is 12.1 Å². The molecule has 0 bridgehead atoms. The number of fused-ring (bicyclic) bond motifs is 2. The molecule has 3 aromatic carbocycles. The van der Waals surface area contributed by atoms with Gasteiger partial charge in [0.05, 0.1) is 11.1 Å². The number of halogens is 2. The van der Waals surface area contributed by atoms with Crippen molar-refractivity contribution in [2.75, 3.05) is 0 Å². The minimum Gasteiger partial charge on any atom is -0.423 e. The van der Waals surface area contributed by atoms with Crippen molar-refractivity contribution in [1.82, 2.24) is 0 Å². The van der Waals surface area contributed by atoms with E-state index in [4.69, 9.17) is 25.2 Å². The summed E-state index contributed by atoms with van der Waals surface area (Å²) >= 11 is 9.38. The highest BCUT2D eigenvalue weighted by atomic mass is 79.9. The van der Waals surface area contributed by atoms with E-state index < -0.39 is 17.2 Å². The summed E-state index contributed by atoms with van der Waals surface area (Å²) < 4.78 is 16.8. The van der Waals surface area contributed by atoms with E-state index in [2.05, 4.69) is 15.9 Å². The van der Waals surface area contributed by atoms with Crippen LogP contribution in [0.25, 0.3) is 33.1 Å². The van der Waals surface area contributed by atoms with Crippen LogP contribution in [0, 0.1) is 0 Å². The first kappa shape index (κ1) is 21.2. The average molecular weight is 524 g/mol. The zero-order valence-electron chi connectivity index (χ0n) is 16.6. The van der Waals surface area contributed by atoms with Gasteiger partial charge in [-0.2, -0.15) is 0 Å². The van der Waals surface area contributed by atoms with Gasteiger partial charge in [0.1, 0.15) is 16.9 Å². The number of ether oxygens (including phenoxy) is 1. The zero-order valence-corrected chi connectivity index (χ0v) is 19.0. The van der Waals surface area contributed by atoms with Gasteiger partial charge >= 0.3 is 17.2 Å². The molecule has 0 N–H and O–H groups in total. The molecular weight excluding hydrogens is 512 g/mol. The topological polar surface area (TPSA) is 86.7 Å². The highest BCUT2D eigenvalue weighted by molar-refractivity contribution is 9.10. The normalized spacial score (nSPS) is 11.1. The largest absolute Gasteiger partial charge is 0.423 e. The third-order valence-corrected chi connectivity index (χ3v) is 5.93. The van der Waals surface area contributed by atoms with E-state index in [9.17, 15) is 14.4 Å². The summed E-state index contributed by atoms with van der Waals surface area (Å²) in [6.45, 7) is 0. The molecule has 0 fully saturated rings. The van der Waals surface area contributed by atoms with Gasteiger partial charge in [0, 0.05) is 38.0 Å². The van der Waals surface area contributed by atoms with E-state index in [-0.39, 0.29) is 16.9 Å². The molecule has 33 heavy (non-hydrogen) atoms. The molecule has 162 valence electrons. The fourth-order valence-corrected chi connectivity index (χ4v) is 4.13. The molecule has 0 aliphatic rings. The zero-order chi connectivity index (χ0) is 23.1. The first-order valence-corrected chi connectivity index (χ1v) is 10.8. The Morgan fingerprint density at radius 1 is 0.848 bits per heavy atom. The Kier molecular flexibility index (Phi) is 5.36. The van der Waals surface area contributed by atoms with Gasteiger partial charge in [-0.05, 0) is 64.5 Å². The molecule has 0 saturated heterocycles. The lowest BCUT2D eigenvalue weighted by Gasteiger charge is -2.09. The standard InChI is InChI=1S/C25H12BrClO6/c26-20-4-2-1-3-17(20)24(29)31-15-6-7-16-18(12-23(28)32-22(16)11-15)19-10-13-9-14(27)5-8-21(13)33-25(19)30/h1-12H. The molecule has 5 aromatic rings. The molecule has 8 heteroatoms. The van der Waals surface area contributed by atoms with Gasteiger partial charge in [-0.1, -0.05) is 23.7 Å². The van der Waals surface area contributed by atoms with Gasteiger partial charge in [0.25, 0.3) is 0 Å². The van der Waals surface area contributed by atoms with Gasteiger partial charge in [0.15, 0.2) is 0 Å². The third kappa shape index (κ3) is 4.08. The van der Waals surface area contributed by atoms with Crippen LogP contribution >= 0.6 is 27.5 Å². The SMILES string of the molecule is O=C(Oc1ccc2c(-c3cc4cc(Cl)ccc4oc3=O)cc(=O)oc2c1)c1ccccc1Br. The Morgan fingerprint density at radius 2 is 1.67 bits per heavy atom. The van der Waals surface area contributed by atoms with E-state index >= 15 is 0 Å². The maximum atomic E-state index is 12.7. The Bertz CT molecular complexity index is 1680. The minimum absolute atomic E-state index is 0.153. The summed E-state index contributed by atoms with van der Waals surface area (Å²) in [5, 5.41) is 1.57. The predicted molar refractivity (Wildman–Crippen MR) is 128 cm³/mol. The fourth-order valence-electron chi connectivity index (χ4n) is 3.50. The number of carbonyl (C=O) groups is 1. The van der Waals surface area contributed by atoms with Crippen molar-refractivity contribution in [2.24, 2.45) is 0 Å². The maximum Gasteiger partial charge on any atom is 0.344 e. The summed E-state index contributed by atoms with van der Waals surface area (Å²) in [5.41, 5.74) is 0.113. The van der Waals surface area contributed by atoms with Crippen molar-refractivity contribution >= 4 is 55.4 Å². The van der Waals surface area contributed by atoms with Crippen LogP contribution in [0.15, 0.2) is 95.7 Å². The molecule has 0 amide bonds. The van der Waals surface area contributed by atoms with Crippen molar-refractivity contribution in [3.63, 3.8) is 0 Å². The molecule has 0 spiro atoms. The molecule has 6 nitrogen and oxygen atoms in total. The molecule has 0 atom stereocenters. The Morgan fingerprint density at radius 3 is 2.48 bits per heavy atom.